The Morgan fingerprint density at radius 2 is 1.62 bits per heavy atom. The molecular formula is C22H29NO3. The number of carbonyl (C=O) groups is 1. The molecule has 2 rings (SSSR count). The highest BCUT2D eigenvalue weighted by molar-refractivity contribution is 5.81. The SMILES string of the molecule is COc1ccccc1[C@@H](C)NC(=O)[C@@H](C)Oc1ccc(C(C)(C)C)cc1. The van der Waals surface area contributed by atoms with Gasteiger partial charge in [-0.2, -0.15) is 0 Å². The van der Waals surface area contributed by atoms with Crippen LogP contribution in [0.3, 0.4) is 0 Å². The number of hydrogen-bond donors (Lipinski definition) is 1. The summed E-state index contributed by atoms with van der Waals surface area (Å²) < 4.78 is 11.2. The van der Waals surface area contributed by atoms with Gasteiger partial charge < -0.3 is 14.8 Å². The van der Waals surface area contributed by atoms with Gasteiger partial charge in [-0.3, -0.25) is 4.79 Å². The fourth-order valence-corrected chi connectivity index (χ4v) is 2.72. The molecule has 140 valence electrons. The lowest BCUT2D eigenvalue weighted by atomic mass is 9.87. The van der Waals surface area contributed by atoms with Gasteiger partial charge in [0.15, 0.2) is 6.10 Å². The Balaban J connectivity index is 1.99. The van der Waals surface area contributed by atoms with Crippen LogP contribution in [0.4, 0.5) is 0 Å². The van der Waals surface area contributed by atoms with Gasteiger partial charge in [-0.05, 0) is 43.0 Å². The van der Waals surface area contributed by atoms with Gasteiger partial charge in [-0.1, -0.05) is 51.1 Å². The van der Waals surface area contributed by atoms with Crippen molar-refractivity contribution in [3.05, 3.63) is 59.7 Å². The summed E-state index contributed by atoms with van der Waals surface area (Å²) in [6, 6.07) is 15.4. The van der Waals surface area contributed by atoms with Gasteiger partial charge in [-0.15, -0.1) is 0 Å². The molecular weight excluding hydrogens is 326 g/mol. The molecule has 0 saturated heterocycles. The van der Waals surface area contributed by atoms with Crippen molar-refractivity contribution in [3.8, 4) is 11.5 Å². The second-order valence-corrected chi connectivity index (χ2v) is 7.51. The molecule has 4 nitrogen and oxygen atoms in total. The summed E-state index contributed by atoms with van der Waals surface area (Å²) in [5, 5.41) is 2.98. The maximum absolute atomic E-state index is 12.5. The average molecular weight is 355 g/mol. The lowest BCUT2D eigenvalue weighted by Crippen LogP contribution is -2.37. The Hall–Kier alpha value is -2.49. The smallest absolute Gasteiger partial charge is 0.261 e. The lowest BCUT2D eigenvalue weighted by Gasteiger charge is -2.21. The fraction of sp³-hybridized carbons (Fsp3) is 0.409. The van der Waals surface area contributed by atoms with E-state index in [1.807, 2.05) is 55.5 Å². The largest absolute Gasteiger partial charge is 0.496 e. The van der Waals surface area contributed by atoms with E-state index in [0.717, 1.165) is 11.3 Å². The molecule has 0 heterocycles. The molecule has 0 spiro atoms. The van der Waals surface area contributed by atoms with Crippen LogP contribution in [-0.2, 0) is 10.2 Å². The van der Waals surface area contributed by atoms with E-state index in [4.69, 9.17) is 9.47 Å². The molecule has 0 aromatic heterocycles. The molecule has 2 aromatic carbocycles. The average Bonchev–Trinajstić information content (AvgIpc) is 2.61. The van der Waals surface area contributed by atoms with Crippen LogP contribution in [0.25, 0.3) is 0 Å². The third-order valence-electron chi connectivity index (χ3n) is 4.37. The van der Waals surface area contributed by atoms with E-state index in [9.17, 15) is 4.79 Å². The molecule has 2 atom stereocenters. The van der Waals surface area contributed by atoms with Crippen molar-refractivity contribution in [1.29, 1.82) is 0 Å². The minimum atomic E-state index is -0.590. The first-order valence-corrected chi connectivity index (χ1v) is 8.93. The first-order valence-electron chi connectivity index (χ1n) is 8.93. The van der Waals surface area contributed by atoms with Gasteiger partial charge in [0.25, 0.3) is 5.91 Å². The second kappa shape index (κ2) is 8.26. The Morgan fingerprint density at radius 3 is 2.19 bits per heavy atom. The minimum Gasteiger partial charge on any atom is -0.496 e. The molecule has 0 bridgehead atoms. The number of amides is 1. The standard InChI is InChI=1S/C22H29NO3/c1-15(19-9-7-8-10-20(19)25-6)23-21(24)16(2)26-18-13-11-17(12-14-18)22(3,4)5/h7-16H,1-6H3,(H,23,24)/t15-,16-/m1/s1. The monoisotopic (exact) mass is 355 g/mol. The molecule has 0 unspecified atom stereocenters. The first-order chi connectivity index (χ1) is 12.2. The molecule has 0 fully saturated rings. The molecule has 0 saturated carbocycles. The summed E-state index contributed by atoms with van der Waals surface area (Å²) in [5.74, 6) is 1.28. The second-order valence-electron chi connectivity index (χ2n) is 7.51. The number of carbonyl (C=O) groups excluding carboxylic acids is 1. The highest BCUT2D eigenvalue weighted by Gasteiger charge is 2.20. The van der Waals surface area contributed by atoms with Crippen LogP contribution in [-0.4, -0.2) is 19.1 Å². The summed E-state index contributed by atoms with van der Waals surface area (Å²) in [7, 11) is 1.63. The van der Waals surface area contributed by atoms with Crippen LogP contribution in [0.2, 0.25) is 0 Å². The van der Waals surface area contributed by atoms with Crippen molar-refractivity contribution in [2.24, 2.45) is 0 Å². The van der Waals surface area contributed by atoms with Gasteiger partial charge in [0, 0.05) is 5.56 Å². The first kappa shape index (κ1) is 19.8. The summed E-state index contributed by atoms with van der Waals surface area (Å²) in [5.41, 5.74) is 2.25. The van der Waals surface area contributed by atoms with Crippen molar-refractivity contribution >= 4 is 5.91 Å². The molecule has 0 aliphatic rings. The number of methoxy groups -OCH3 is 1. The topological polar surface area (TPSA) is 47.6 Å². The van der Waals surface area contributed by atoms with Gasteiger partial charge in [0.1, 0.15) is 11.5 Å². The van der Waals surface area contributed by atoms with Crippen LogP contribution in [0, 0.1) is 0 Å². The van der Waals surface area contributed by atoms with Crippen molar-refractivity contribution in [2.45, 2.75) is 52.2 Å². The van der Waals surface area contributed by atoms with Crippen LogP contribution in [0.5, 0.6) is 11.5 Å². The van der Waals surface area contributed by atoms with Gasteiger partial charge in [0.2, 0.25) is 0 Å². The van der Waals surface area contributed by atoms with Gasteiger partial charge in [-0.25, -0.2) is 0 Å². The highest BCUT2D eigenvalue weighted by atomic mass is 16.5. The predicted octanol–water partition coefficient (Wildman–Crippen LogP) is 4.64. The molecule has 4 heteroatoms. The van der Waals surface area contributed by atoms with Crippen LogP contribution >= 0.6 is 0 Å². The van der Waals surface area contributed by atoms with Crippen LogP contribution in [0.15, 0.2) is 48.5 Å². The number of benzene rings is 2. The minimum absolute atomic E-state index is 0.0890. The molecule has 0 radical (unpaired) electrons. The predicted molar refractivity (Wildman–Crippen MR) is 105 cm³/mol. The molecule has 0 aliphatic heterocycles. The third kappa shape index (κ3) is 5.01. The number of nitrogens with one attached hydrogen (secondary N) is 1. The zero-order chi connectivity index (χ0) is 19.3. The summed E-state index contributed by atoms with van der Waals surface area (Å²) in [6.45, 7) is 10.2. The van der Waals surface area contributed by atoms with E-state index in [0.29, 0.717) is 5.75 Å². The quantitative estimate of drug-likeness (QED) is 0.821. The van der Waals surface area contributed by atoms with Crippen molar-refractivity contribution < 1.29 is 14.3 Å². The van der Waals surface area contributed by atoms with Crippen LogP contribution in [0.1, 0.15) is 51.8 Å². The Labute approximate surface area is 156 Å². The maximum atomic E-state index is 12.5. The molecule has 2 aromatic rings. The molecule has 26 heavy (non-hydrogen) atoms. The number of hydrogen-bond acceptors (Lipinski definition) is 3. The third-order valence-corrected chi connectivity index (χ3v) is 4.37. The summed E-state index contributed by atoms with van der Waals surface area (Å²) >= 11 is 0. The zero-order valence-electron chi connectivity index (χ0n) is 16.5. The molecule has 1 N–H and O–H groups in total. The van der Waals surface area contributed by atoms with Gasteiger partial charge >= 0.3 is 0 Å². The summed E-state index contributed by atoms with van der Waals surface area (Å²) in [4.78, 5) is 12.5. The van der Waals surface area contributed by atoms with E-state index < -0.39 is 6.10 Å². The number of rotatable bonds is 6. The van der Waals surface area contributed by atoms with Gasteiger partial charge in [0.05, 0.1) is 13.2 Å². The van der Waals surface area contributed by atoms with Crippen LogP contribution < -0.4 is 14.8 Å². The molecule has 1 amide bonds. The Morgan fingerprint density at radius 1 is 1.00 bits per heavy atom. The Kier molecular flexibility index (Phi) is 6.30. The lowest BCUT2D eigenvalue weighted by molar-refractivity contribution is -0.127. The van der Waals surface area contributed by atoms with E-state index in [1.54, 1.807) is 14.0 Å². The normalized spacial score (nSPS) is 13.6. The van der Waals surface area contributed by atoms with E-state index in [-0.39, 0.29) is 17.4 Å². The molecule has 0 aliphatic carbocycles. The summed E-state index contributed by atoms with van der Waals surface area (Å²) in [6.07, 6.45) is -0.590. The van der Waals surface area contributed by atoms with E-state index in [1.165, 1.54) is 5.56 Å². The fourth-order valence-electron chi connectivity index (χ4n) is 2.72. The van der Waals surface area contributed by atoms with Crippen molar-refractivity contribution in [3.63, 3.8) is 0 Å². The van der Waals surface area contributed by atoms with Crippen molar-refractivity contribution in [2.75, 3.05) is 7.11 Å². The zero-order valence-corrected chi connectivity index (χ0v) is 16.5. The highest BCUT2D eigenvalue weighted by Crippen LogP contribution is 2.26. The van der Waals surface area contributed by atoms with E-state index in [2.05, 4.69) is 26.1 Å². The Bertz CT molecular complexity index is 732. The maximum Gasteiger partial charge on any atom is 0.261 e. The number of ether oxygens (including phenoxy) is 2. The number of para-hydroxylation sites is 1. The van der Waals surface area contributed by atoms with Crippen molar-refractivity contribution in [1.82, 2.24) is 5.32 Å². The van der Waals surface area contributed by atoms with E-state index >= 15 is 0 Å².